The maximum Gasteiger partial charge on any atom is 3.00 e. The van der Waals surface area contributed by atoms with Gasteiger partial charge in [-0.25, -0.2) is 0 Å². The van der Waals surface area contributed by atoms with Gasteiger partial charge in [0.05, 0.1) is 0 Å². The quantitative estimate of drug-likeness (QED) is 0.326. The molecule has 1 nitrogen and oxygen atoms in total. The molecule has 0 fully saturated rings. The number of allylic oxidation sites excluding steroid dienone is 5. The number of aliphatic imine (C=N–C) groups is 1. The fraction of sp³-hybridized carbons (Fsp3) is 0.267. The molecule has 7 rings (SSSR count). The first kappa shape index (κ1) is 29.8. The number of halogens is 2. The van der Waals surface area contributed by atoms with Crippen molar-refractivity contribution < 1.29 is 51.0 Å². The Bertz CT molecular complexity index is 1360. The molecule has 0 N–H and O–H groups in total. The zero-order chi connectivity index (χ0) is 22.6. The summed E-state index contributed by atoms with van der Waals surface area (Å²) in [6, 6.07) is 20.2. The molecule has 0 spiro atoms. The van der Waals surface area contributed by atoms with Crippen molar-refractivity contribution in [2.45, 2.75) is 53.1 Å². The van der Waals surface area contributed by atoms with E-state index in [4.69, 9.17) is 0 Å². The summed E-state index contributed by atoms with van der Waals surface area (Å²) in [7, 11) is -1.11. The van der Waals surface area contributed by atoms with Gasteiger partial charge in [0.25, 0.3) is 0 Å². The number of hydrogen-bond donors (Lipinski definition) is 0. The summed E-state index contributed by atoms with van der Waals surface area (Å²) >= 11 is 0. The van der Waals surface area contributed by atoms with Crippen LogP contribution in [0.5, 0.6) is 0 Å². The summed E-state index contributed by atoms with van der Waals surface area (Å²) in [5.74, 6) is 0.640. The fourth-order valence-corrected chi connectivity index (χ4v) is 9.72. The minimum absolute atomic E-state index is 0. The van der Waals surface area contributed by atoms with Crippen molar-refractivity contribution in [1.29, 1.82) is 0 Å². The van der Waals surface area contributed by atoms with Crippen LogP contribution in [0.1, 0.15) is 44.2 Å². The molecule has 1 radical (unpaired) electrons. The maximum atomic E-state index is 4.19. The van der Waals surface area contributed by atoms with E-state index in [2.05, 4.69) is 100 Å². The molecule has 1 unspecified atom stereocenters. The topological polar surface area (TPSA) is 12.4 Å². The number of fused-ring (bicyclic) bond motifs is 1. The first-order valence-electron chi connectivity index (χ1n) is 11.8. The van der Waals surface area contributed by atoms with E-state index in [0.29, 0.717) is 5.92 Å². The molecule has 3 aliphatic heterocycles. The Hall–Kier alpha value is -1.38. The van der Waals surface area contributed by atoms with Crippen molar-refractivity contribution in [1.82, 2.24) is 0 Å². The summed E-state index contributed by atoms with van der Waals surface area (Å²) in [5.41, 5.74) is 9.86. The Kier molecular flexibility index (Phi) is 9.67. The van der Waals surface area contributed by atoms with Crippen LogP contribution in [0, 0.1) is 6.92 Å². The molecule has 1 aliphatic carbocycles. The average Bonchev–Trinajstić information content (AvgIpc) is 3.49. The molecular formula is C30H32Cl2NSiZr. The van der Waals surface area contributed by atoms with Crippen LogP contribution in [0.15, 0.2) is 92.9 Å². The van der Waals surface area contributed by atoms with Crippen molar-refractivity contribution >= 4 is 25.1 Å². The Morgan fingerprint density at radius 2 is 1.66 bits per heavy atom. The molecule has 4 aliphatic rings. The monoisotopic (exact) mass is 594 g/mol. The molecule has 1 atom stereocenters. The zero-order valence-electron chi connectivity index (χ0n) is 21.3. The van der Waals surface area contributed by atoms with Crippen molar-refractivity contribution in [3.8, 4) is 11.1 Å². The first-order chi connectivity index (χ1) is 15.3. The molecule has 2 bridgehead atoms. The van der Waals surface area contributed by atoms with E-state index in [1.54, 1.807) is 16.0 Å². The number of aryl methyl sites for hydroxylation is 1. The van der Waals surface area contributed by atoms with E-state index in [1.165, 1.54) is 50.6 Å². The van der Waals surface area contributed by atoms with E-state index < -0.39 is 8.07 Å². The van der Waals surface area contributed by atoms with Gasteiger partial charge in [-0.1, -0.05) is 75.3 Å². The number of hydrogen-bond acceptors (Lipinski definition) is 1. The van der Waals surface area contributed by atoms with Gasteiger partial charge >= 0.3 is 26.2 Å². The predicted octanol–water partition coefficient (Wildman–Crippen LogP) is 2.43. The van der Waals surface area contributed by atoms with E-state index in [9.17, 15) is 0 Å². The Labute approximate surface area is 242 Å². The van der Waals surface area contributed by atoms with Crippen LogP contribution in [-0.4, -0.2) is 14.3 Å². The van der Waals surface area contributed by atoms with Crippen molar-refractivity contribution in [3.05, 3.63) is 99.0 Å². The van der Waals surface area contributed by atoms with Gasteiger partial charge in [0.15, 0.2) is 0 Å². The molecule has 0 amide bonds. The van der Waals surface area contributed by atoms with Crippen molar-refractivity contribution in [2.75, 3.05) is 0 Å². The molecule has 5 heteroatoms. The maximum absolute atomic E-state index is 4.19. The van der Waals surface area contributed by atoms with Crippen LogP contribution in [0.25, 0.3) is 21.9 Å². The normalized spacial score (nSPS) is 16.8. The SMILES string of the molecule is CC1=C2C3=CN=CC3=C1[Si]2(C)C.CCC(C)c1ccc(-c2cccc3[cH-]c(C)cc23)cc1.[Cl-].[Cl-].[Zr+3]. The number of nitrogens with zero attached hydrogens (tertiary/aromatic N) is 1. The fourth-order valence-electron chi connectivity index (χ4n) is 5.79. The molecule has 0 saturated carbocycles. The summed E-state index contributed by atoms with van der Waals surface area (Å²) < 4.78 is 0. The second-order valence-corrected chi connectivity index (χ2v) is 14.3. The third kappa shape index (κ3) is 4.95. The van der Waals surface area contributed by atoms with E-state index in [0.717, 1.165) is 0 Å². The Balaban J connectivity index is 0.000000249. The van der Waals surface area contributed by atoms with Crippen LogP contribution in [0.2, 0.25) is 13.1 Å². The molecular weight excluding hydrogens is 565 g/mol. The van der Waals surface area contributed by atoms with Gasteiger partial charge in [-0.2, -0.15) is 6.07 Å². The summed E-state index contributed by atoms with van der Waals surface area (Å²) in [6.45, 7) is 13.8. The smallest absolute Gasteiger partial charge is 1.00 e. The molecule has 3 aromatic rings. The Morgan fingerprint density at radius 1 is 0.971 bits per heavy atom. The van der Waals surface area contributed by atoms with E-state index >= 15 is 0 Å². The minimum atomic E-state index is -1.11. The average molecular weight is 597 g/mol. The second-order valence-electron chi connectivity index (χ2n) is 10.0. The number of rotatable bonds is 3. The van der Waals surface area contributed by atoms with E-state index in [-0.39, 0.29) is 51.0 Å². The van der Waals surface area contributed by atoms with Crippen molar-refractivity contribution in [2.24, 2.45) is 4.99 Å². The zero-order valence-corrected chi connectivity index (χ0v) is 26.3. The van der Waals surface area contributed by atoms with Crippen molar-refractivity contribution in [3.63, 3.8) is 0 Å². The predicted molar refractivity (Wildman–Crippen MR) is 142 cm³/mol. The molecule has 0 aromatic heterocycles. The van der Waals surface area contributed by atoms with E-state index in [1.807, 2.05) is 12.4 Å². The van der Waals surface area contributed by atoms with Crippen LogP contribution in [0.4, 0.5) is 0 Å². The van der Waals surface area contributed by atoms with Gasteiger partial charge in [-0.15, -0.1) is 34.5 Å². The minimum Gasteiger partial charge on any atom is -1.00 e. The largest absolute Gasteiger partial charge is 3.00 e. The molecule has 3 heterocycles. The van der Waals surface area contributed by atoms with Gasteiger partial charge < -0.3 is 24.8 Å². The van der Waals surface area contributed by atoms with Gasteiger partial charge in [-0.05, 0) is 40.8 Å². The van der Waals surface area contributed by atoms with Crippen LogP contribution < -0.4 is 24.8 Å². The van der Waals surface area contributed by atoms with Gasteiger partial charge in [-0.3, -0.25) is 4.99 Å². The number of benzene rings is 2. The third-order valence-electron chi connectivity index (χ3n) is 7.53. The molecule has 35 heavy (non-hydrogen) atoms. The van der Waals surface area contributed by atoms with Crippen LogP contribution in [-0.2, 0) is 26.2 Å². The van der Waals surface area contributed by atoms with Gasteiger partial charge in [0, 0.05) is 23.6 Å². The summed E-state index contributed by atoms with van der Waals surface area (Å²) in [6.07, 6.45) is 5.25. The second kappa shape index (κ2) is 11.3. The molecule has 0 saturated heterocycles. The standard InChI is InChI=1S/C20H21.C10H11NSi.2ClH.Zr/c1-4-15(3)16-8-10-17(11-9-16)19-7-5-6-18-12-14(2)13-20(18)19;1-6-9-7-4-11-5-8(7)10(6)12(9,2)3;;;/h5-13,15H,4H2,1-3H3;4-5H,1-3H3;2*1H;/q-1;;;;+3/p-2. The van der Waals surface area contributed by atoms with Crippen LogP contribution in [0.3, 0.4) is 0 Å². The summed E-state index contributed by atoms with van der Waals surface area (Å²) in [4.78, 5) is 4.19. The third-order valence-corrected chi connectivity index (χ3v) is 11.3. The van der Waals surface area contributed by atoms with Gasteiger partial charge in [0.2, 0.25) is 0 Å². The van der Waals surface area contributed by atoms with Gasteiger partial charge in [0.1, 0.15) is 8.07 Å². The summed E-state index contributed by atoms with van der Waals surface area (Å²) in [5, 5.41) is 6.02. The Morgan fingerprint density at radius 3 is 2.26 bits per heavy atom. The molecule has 179 valence electrons. The molecule has 3 aromatic carbocycles. The first-order valence-corrected chi connectivity index (χ1v) is 14.8. The van der Waals surface area contributed by atoms with Crippen LogP contribution >= 0.6 is 0 Å².